The first kappa shape index (κ1) is 41.3. The number of nitrogens with zero attached hydrogens (tertiary/aromatic N) is 2. The van der Waals surface area contributed by atoms with Crippen molar-refractivity contribution in [3.05, 3.63) is 194 Å². The molecule has 0 fully saturated rings. The number of ether oxygens (including phenoxy) is 4. The zero-order chi connectivity index (χ0) is 45.4. The predicted molar refractivity (Wildman–Crippen MR) is 275 cm³/mol. The summed E-state index contributed by atoms with van der Waals surface area (Å²) >= 11 is -0.785. The van der Waals surface area contributed by atoms with E-state index in [4.69, 9.17) is 18.9 Å². The summed E-state index contributed by atoms with van der Waals surface area (Å²) in [6.45, 7) is 0. The molecule has 6 bridgehead atoms. The van der Waals surface area contributed by atoms with Crippen LogP contribution in [0.25, 0.3) is 88.3 Å². The molecule has 0 spiro atoms. The van der Waals surface area contributed by atoms with E-state index in [9.17, 15) is 0 Å². The Bertz CT molecular complexity index is 4100. The van der Waals surface area contributed by atoms with Crippen molar-refractivity contribution in [2.45, 2.75) is 0 Å². The molecule has 6 aromatic heterocycles. The van der Waals surface area contributed by atoms with Gasteiger partial charge in [-0.15, -0.1) is 0 Å². The number of benzene rings is 8. The molecule has 0 amide bonds. The standard InChI is InChI=1S/C56H38N8O4.Al.ClH/c1-5-13-33(14-6-1)65-37-21-25-41-45(29-37)53-57-49(41)62-54-47-31-39(67-35-17-9-3-10-18-35)23-27-43(47)51(59-54)64-56-48-32-40(68-36-19-11-4-12-20-36)24-28-44(48)52(60-56)63-55-46-30-38(66-34-15-7-2-8-16-34)22-26-42(46)50(58-55)61-53;;/h1-32,57,60-64H;;1H/q-2;+3;/p-1. The molecule has 0 atom stereocenters. The summed E-state index contributed by atoms with van der Waals surface area (Å²) in [5.74, 6) is 5.88. The first-order valence-corrected chi connectivity index (χ1v) is 23.7. The van der Waals surface area contributed by atoms with Gasteiger partial charge in [0.1, 0.15) is 0 Å². The molecule has 0 unspecified atom stereocenters. The summed E-state index contributed by atoms with van der Waals surface area (Å²) in [5, 5.41) is 7.81. The van der Waals surface area contributed by atoms with Gasteiger partial charge in [-0.05, 0) is 0 Å². The van der Waals surface area contributed by atoms with Gasteiger partial charge in [-0.1, -0.05) is 0 Å². The minimum absolute atomic E-state index is 0. The Morgan fingerprint density at radius 3 is 0.857 bits per heavy atom. The average Bonchev–Trinajstić information content (AvgIpc) is 4.07. The van der Waals surface area contributed by atoms with E-state index in [1.807, 2.05) is 146 Å². The van der Waals surface area contributed by atoms with Crippen LogP contribution in [0.5, 0.6) is 46.0 Å². The zero-order valence-corrected chi connectivity index (χ0v) is 38.9. The zero-order valence-electron chi connectivity index (χ0n) is 37.0. The van der Waals surface area contributed by atoms with Crippen LogP contribution in [0.1, 0.15) is 0 Å². The summed E-state index contributed by atoms with van der Waals surface area (Å²) in [6.07, 6.45) is 0. The van der Waals surface area contributed by atoms with E-state index in [1.54, 1.807) is 0 Å². The van der Waals surface area contributed by atoms with Crippen LogP contribution in [0.15, 0.2) is 194 Å². The Morgan fingerprint density at radius 1 is 0.257 bits per heavy atom. The van der Waals surface area contributed by atoms with E-state index in [0.717, 1.165) is 111 Å². The topological polar surface area (TPSA) is 140 Å². The molecular weight excluding hydrogens is 911 g/mol. The summed E-state index contributed by atoms with van der Waals surface area (Å²) in [7, 11) is 0. The molecule has 6 heterocycles. The van der Waals surface area contributed by atoms with Crippen LogP contribution >= 0.6 is 0 Å². The number of halogens is 1. The van der Waals surface area contributed by atoms with Crippen LogP contribution in [0.2, 0.25) is 0 Å². The maximum absolute atomic E-state index is 6.52. The molecule has 0 aliphatic heterocycles. The molecule has 336 valence electrons. The van der Waals surface area contributed by atoms with Gasteiger partial charge in [0.05, 0.1) is 0 Å². The van der Waals surface area contributed by atoms with Crippen LogP contribution in [-0.4, -0.2) is 51.9 Å². The molecule has 0 radical (unpaired) electrons. The molecule has 14 rings (SSSR count). The van der Waals surface area contributed by atoms with E-state index in [0.29, 0.717) is 23.0 Å². The van der Waals surface area contributed by atoms with Gasteiger partial charge in [-0.3, -0.25) is 0 Å². The van der Waals surface area contributed by atoms with Crippen molar-refractivity contribution in [1.29, 1.82) is 0 Å². The number of aromatic nitrogens is 8. The number of aromatic amines is 6. The van der Waals surface area contributed by atoms with Gasteiger partial charge in [-0.2, -0.15) is 0 Å². The molecule has 0 saturated heterocycles. The second-order valence-electron chi connectivity index (χ2n) is 17.0. The van der Waals surface area contributed by atoms with Gasteiger partial charge in [0, 0.05) is 0 Å². The first-order valence-electron chi connectivity index (χ1n) is 22.6. The van der Waals surface area contributed by atoms with Gasteiger partial charge in [0.15, 0.2) is 0 Å². The van der Waals surface area contributed by atoms with Gasteiger partial charge < -0.3 is 12.4 Å². The molecule has 14 heteroatoms. The molecule has 14 aromatic rings. The number of H-pyrrole nitrogens is 6. The Labute approximate surface area is 409 Å². The predicted octanol–water partition coefficient (Wildman–Crippen LogP) is 11.7. The molecule has 8 aromatic carbocycles. The van der Waals surface area contributed by atoms with E-state index >= 15 is 0 Å². The molecular formula is C56H38AlClN8O4. The second-order valence-corrected chi connectivity index (χ2v) is 18.3. The molecule has 0 saturated carbocycles. The number of hydrogen-bond donors (Lipinski definition) is 6. The number of hydrogen-bond acceptors (Lipinski definition) is 4. The second kappa shape index (κ2) is 16.7. The van der Waals surface area contributed by atoms with E-state index < -0.39 is 15.2 Å². The van der Waals surface area contributed by atoms with Crippen LogP contribution in [0, 0.1) is 0 Å². The third-order valence-electron chi connectivity index (χ3n) is 12.6. The number of nitrogens with one attached hydrogen (secondary N) is 6. The summed E-state index contributed by atoms with van der Waals surface area (Å²) in [5.41, 5.74) is 6.83. The van der Waals surface area contributed by atoms with Crippen molar-refractivity contribution in [2.24, 2.45) is 0 Å². The monoisotopic (exact) mass is 948 g/mol. The Hall–Kier alpha value is -8.86. The minimum atomic E-state index is -0.785. The fourth-order valence-electron chi connectivity index (χ4n) is 9.49. The van der Waals surface area contributed by atoms with Gasteiger partial charge in [-0.25, -0.2) is 0 Å². The Morgan fingerprint density at radius 2 is 0.529 bits per heavy atom. The normalized spacial score (nSPS) is 11.5. The van der Waals surface area contributed by atoms with Crippen molar-refractivity contribution in [3.8, 4) is 46.0 Å². The average molecular weight is 949 g/mol. The molecule has 0 aliphatic rings. The van der Waals surface area contributed by atoms with Gasteiger partial charge in [0.2, 0.25) is 0 Å². The SMILES string of the molecule is [Cl-].c1ccc(Oc2ccc3c4[nH]c([nH]c5c6ccc(Oc7ccccc7)cc6c6[nH]c7[nH]c([nH]c8c9ccc(Oc%10ccccc%10)cc9c([nH]4)[n]8[Al+][n]56)c4cc(Oc5ccccc5)ccc74)c3c2)cc1. The van der Waals surface area contributed by atoms with Crippen LogP contribution < -0.4 is 31.4 Å². The van der Waals surface area contributed by atoms with E-state index in [-0.39, 0.29) is 12.4 Å². The van der Waals surface area contributed by atoms with Crippen molar-refractivity contribution in [1.82, 2.24) is 36.6 Å². The van der Waals surface area contributed by atoms with Crippen molar-refractivity contribution >= 4 is 103 Å². The molecule has 0 aliphatic carbocycles. The fraction of sp³-hybridized carbons (Fsp3) is 0. The molecule has 70 heavy (non-hydrogen) atoms. The third-order valence-corrected chi connectivity index (χ3v) is 14.1. The number of rotatable bonds is 8. The van der Waals surface area contributed by atoms with Gasteiger partial charge >= 0.3 is 399 Å². The van der Waals surface area contributed by atoms with Crippen LogP contribution in [0.3, 0.4) is 0 Å². The van der Waals surface area contributed by atoms with Crippen molar-refractivity contribution in [2.75, 3.05) is 0 Å². The van der Waals surface area contributed by atoms with Crippen molar-refractivity contribution < 1.29 is 31.4 Å². The third kappa shape index (κ3) is 7.16. The number of fused-ring (bicyclic) bond motifs is 16. The molecule has 6 N–H and O–H groups in total. The first-order chi connectivity index (χ1) is 34.1. The van der Waals surface area contributed by atoms with E-state index in [2.05, 4.69) is 85.2 Å². The summed E-state index contributed by atoms with van der Waals surface area (Å²) in [6, 6.07) is 64.5. The maximum atomic E-state index is 6.52. The fourth-order valence-corrected chi connectivity index (χ4v) is 11.0. The van der Waals surface area contributed by atoms with E-state index in [1.165, 1.54) is 0 Å². The summed E-state index contributed by atoms with van der Waals surface area (Å²) < 4.78 is 30.6. The quantitative estimate of drug-likeness (QED) is 0.0844. The van der Waals surface area contributed by atoms with Gasteiger partial charge in [0.25, 0.3) is 0 Å². The van der Waals surface area contributed by atoms with Crippen LogP contribution in [-0.2, 0) is 0 Å². The van der Waals surface area contributed by atoms with Crippen molar-refractivity contribution in [3.63, 3.8) is 0 Å². The van der Waals surface area contributed by atoms with Crippen LogP contribution in [0.4, 0.5) is 0 Å². The molecule has 12 nitrogen and oxygen atoms in total. The summed E-state index contributed by atoms with van der Waals surface area (Å²) in [4.78, 5) is 23.3. The Balaban J connectivity index is 0.00000480. The number of para-hydroxylation sites is 4. The Kier molecular flexibility index (Phi) is 9.88.